The van der Waals surface area contributed by atoms with Crippen LogP contribution >= 0.6 is 0 Å². The predicted molar refractivity (Wildman–Crippen MR) is 22.6 cm³/mol. The second-order valence-corrected chi connectivity index (χ2v) is 0.695. The van der Waals surface area contributed by atoms with Crippen molar-refractivity contribution in [2.75, 3.05) is 14.2 Å². The summed E-state index contributed by atoms with van der Waals surface area (Å²) < 4.78 is 15.6. The van der Waals surface area contributed by atoms with Crippen LogP contribution in [0.3, 0.4) is 0 Å². The van der Waals surface area contributed by atoms with Crippen LogP contribution < -0.4 is 0 Å². The van der Waals surface area contributed by atoms with E-state index in [9.17, 15) is 0 Å². The van der Waals surface area contributed by atoms with E-state index >= 15 is 0 Å². The van der Waals surface area contributed by atoms with Gasteiger partial charge in [0, 0.05) is 0 Å². The summed E-state index contributed by atoms with van der Waals surface area (Å²) in [5.74, 6) is 0. The Kier molecular flexibility index (Phi) is 2.54. The molecule has 0 aromatic carbocycles. The molecule has 0 rings (SSSR count). The molecule has 0 N–H and O–H groups in total. The molecule has 0 aliphatic carbocycles. The van der Waals surface area contributed by atoms with E-state index in [1.54, 1.807) is 0 Å². The minimum absolute atomic E-state index is 1.45. The highest BCUT2D eigenvalue weighted by Gasteiger charge is 1.55. The third-order valence-electron chi connectivity index (χ3n) is 0.236. The number of rotatable bonds is 2. The molecule has 0 atom stereocenters. The second-order valence-electron chi connectivity index (χ2n) is 0.695. The van der Waals surface area contributed by atoms with Crippen molar-refractivity contribution in [2.24, 2.45) is 0 Å². The Bertz CT molecular complexity index is 30.7. The van der Waals surface area contributed by atoms with Gasteiger partial charge in [0.15, 0.2) is 0 Å². The zero-order chi connectivity index (χ0) is 4.99. The van der Waals surface area contributed by atoms with Crippen molar-refractivity contribution in [3.8, 4) is 0 Å². The number of hydrogen-bond donors (Lipinski definition) is 0. The highest BCUT2D eigenvalue weighted by atomic mass is 16.6. The molecule has 0 aliphatic rings. The predicted octanol–water partition coefficient (Wildman–Crippen LogP) is -0.722. The molecule has 0 spiro atoms. The molecule has 0 radical (unpaired) electrons. The molecule has 3 heteroatoms. The van der Waals surface area contributed by atoms with E-state index in [4.69, 9.17) is 1.34 Å². The van der Waals surface area contributed by atoms with Crippen LogP contribution in [0.4, 0.5) is 0 Å². The fourth-order valence-corrected chi connectivity index (χ4v) is 0.118. The van der Waals surface area contributed by atoms with E-state index < -0.39 is 7.65 Å². The van der Waals surface area contributed by atoms with Crippen LogP contribution in [0.2, 0.25) is 0 Å². The van der Waals surface area contributed by atoms with Gasteiger partial charge in [0.1, 0.15) is 0 Å². The average molecular weight is 76.9 g/mol. The fraction of sp³-hybridized carbons (Fsp3) is 1.00. The second kappa shape index (κ2) is 3.98. The van der Waals surface area contributed by atoms with E-state index in [1.807, 2.05) is 0 Å². The van der Waals surface area contributed by atoms with Crippen molar-refractivity contribution < 1.29 is 9.31 Å². The zero-order valence-electron chi connectivity index (χ0n) is 4.52. The molecule has 0 aromatic rings. The highest BCUT2D eigenvalue weighted by molar-refractivity contribution is 6.17. The molecule has 2 nitrogen and oxygen atoms in total. The Hall–Kier alpha value is -0.0151. The molecule has 32 valence electrons. The summed E-state index contributed by atoms with van der Waals surface area (Å²) in [5.41, 5.74) is 0. The monoisotopic (exact) mass is 77.1 g/mol. The first kappa shape index (κ1) is 3.19. The van der Waals surface area contributed by atoms with Crippen molar-refractivity contribution in [2.45, 2.75) is 0 Å². The van der Waals surface area contributed by atoms with Crippen molar-refractivity contribution in [1.29, 1.82) is 1.34 Å². The van der Waals surface area contributed by atoms with Gasteiger partial charge in [0.2, 0.25) is 7.65 Å². The van der Waals surface area contributed by atoms with Gasteiger partial charge in [-0.05, 0) is 14.2 Å². The molecule has 0 fully saturated rings. The molecule has 0 amide bonds. The molecule has 0 bridgehead atoms. The van der Waals surface area contributed by atoms with Crippen molar-refractivity contribution >= 4 is 7.65 Å². The SMILES string of the molecule is [3H][BH-](OC)OC. The van der Waals surface area contributed by atoms with Crippen LogP contribution in [0.25, 0.3) is 0 Å². The van der Waals surface area contributed by atoms with Crippen LogP contribution in [0.5, 0.6) is 0 Å². The standard InChI is InChI=1S/C2H8BO2/c1-4-3-5-2/h3H2,1-2H3/q-1/i3T. The topological polar surface area (TPSA) is 18.5 Å². The van der Waals surface area contributed by atoms with Gasteiger partial charge in [-0.25, -0.2) is 0 Å². The van der Waals surface area contributed by atoms with Gasteiger partial charge < -0.3 is 9.31 Å². The molecule has 0 unspecified atom stereocenters. The molecule has 0 saturated carbocycles. The van der Waals surface area contributed by atoms with Crippen LogP contribution in [-0.4, -0.2) is 23.2 Å². The maximum atomic E-state index is 6.71. The molecular formula is C2H8BO2-. The zero-order valence-corrected chi connectivity index (χ0v) is 3.52. The van der Waals surface area contributed by atoms with Gasteiger partial charge in [0.25, 0.3) is 0 Å². The Morgan fingerprint density at radius 1 is 1.60 bits per heavy atom. The van der Waals surface area contributed by atoms with Crippen LogP contribution in [0.1, 0.15) is 0 Å². The molecule has 5 heavy (non-hydrogen) atoms. The van der Waals surface area contributed by atoms with E-state index in [0.717, 1.165) is 0 Å². The molecule has 0 aromatic heterocycles. The van der Waals surface area contributed by atoms with Gasteiger partial charge in [-0.2, -0.15) is 1.34 Å². The third kappa shape index (κ3) is 3.98. The lowest BCUT2D eigenvalue weighted by atomic mass is 10.4. The Balaban J connectivity index is 2.75. The van der Waals surface area contributed by atoms with Gasteiger partial charge >= 0.3 is 0 Å². The summed E-state index contributed by atoms with van der Waals surface area (Å²) in [6.45, 7) is 0. The highest BCUT2D eigenvalue weighted by Crippen LogP contribution is 1.55. The lowest BCUT2D eigenvalue weighted by molar-refractivity contribution is 0.309. The summed E-state index contributed by atoms with van der Waals surface area (Å²) in [6.07, 6.45) is 0. The third-order valence-corrected chi connectivity index (χ3v) is 0.236. The molecule has 0 heterocycles. The first-order chi connectivity index (χ1) is 2.81. The summed E-state index contributed by atoms with van der Waals surface area (Å²) in [6, 6.07) is 0. The molecule has 0 aliphatic heterocycles. The summed E-state index contributed by atoms with van der Waals surface area (Å²) in [5, 5.41) is 0. The minimum atomic E-state index is -1.47. The maximum Gasteiger partial charge on any atom is 0.210 e. The van der Waals surface area contributed by atoms with Gasteiger partial charge in [0.05, 0.1) is 0 Å². The van der Waals surface area contributed by atoms with E-state index in [0.29, 0.717) is 0 Å². The Morgan fingerprint density at radius 3 is 2.00 bits per heavy atom. The number of hydrogen-bond acceptors (Lipinski definition) is 2. The molecule has 0 saturated heterocycles. The van der Waals surface area contributed by atoms with Gasteiger partial charge in [-0.3, -0.25) is 0 Å². The summed E-state index contributed by atoms with van der Waals surface area (Å²) in [7, 11) is 1.44. The van der Waals surface area contributed by atoms with Crippen molar-refractivity contribution in [3.05, 3.63) is 0 Å². The average Bonchev–Trinajstić information content (AvgIpc) is 1.65. The first-order valence-electron chi connectivity index (χ1n) is 2.10. The first-order valence-corrected chi connectivity index (χ1v) is 1.39. The van der Waals surface area contributed by atoms with Crippen molar-refractivity contribution in [3.63, 3.8) is 0 Å². The van der Waals surface area contributed by atoms with E-state index in [-0.39, 0.29) is 0 Å². The van der Waals surface area contributed by atoms with Crippen LogP contribution in [-0.2, 0) is 9.31 Å². The molecular weight excluding hydrogens is 66.8 g/mol. The van der Waals surface area contributed by atoms with Crippen molar-refractivity contribution in [1.82, 2.24) is 0 Å². The van der Waals surface area contributed by atoms with Gasteiger partial charge in [-0.15, -0.1) is 0 Å². The van der Waals surface area contributed by atoms with Gasteiger partial charge in [-0.1, -0.05) is 0 Å². The Morgan fingerprint density at radius 2 is 2.00 bits per heavy atom. The maximum absolute atomic E-state index is 6.71. The lowest BCUT2D eigenvalue weighted by Crippen LogP contribution is -1.93. The normalized spacial score (nSPS) is 12.2. The van der Waals surface area contributed by atoms with E-state index in [2.05, 4.69) is 9.31 Å². The van der Waals surface area contributed by atoms with Crippen LogP contribution in [0, 0.1) is 0 Å². The quantitative estimate of drug-likeness (QED) is 0.405. The largest absolute Gasteiger partial charge is 0.575 e. The summed E-state index contributed by atoms with van der Waals surface area (Å²) >= 11 is 0. The van der Waals surface area contributed by atoms with Crippen LogP contribution in [0.15, 0.2) is 0 Å². The lowest BCUT2D eigenvalue weighted by Gasteiger charge is -1.99. The summed E-state index contributed by atoms with van der Waals surface area (Å²) in [4.78, 5) is 0. The minimum Gasteiger partial charge on any atom is -0.575 e. The fourth-order valence-electron chi connectivity index (χ4n) is 0.118. The Labute approximate surface area is 33.7 Å². The van der Waals surface area contributed by atoms with E-state index in [1.165, 1.54) is 14.2 Å². The smallest absolute Gasteiger partial charge is 0.210 e.